The molecule has 0 fully saturated rings. The lowest BCUT2D eigenvalue weighted by Crippen LogP contribution is -2.20. The van der Waals surface area contributed by atoms with E-state index in [1.807, 2.05) is 0 Å². The molecule has 486 valence electrons. The Bertz CT molecular complexity index is 3350. The van der Waals surface area contributed by atoms with Crippen LogP contribution in [0, 0.1) is 230 Å². The van der Waals surface area contributed by atoms with Gasteiger partial charge < -0.3 is 0 Å². The van der Waals surface area contributed by atoms with Crippen molar-refractivity contribution in [1.82, 2.24) is 0 Å². The minimum Gasteiger partial charge on any atom is -0.207 e. The van der Waals surface area contributed by atoms with Crippen LogP contribution in [0.2, 0.25) is 0 Å². The molecule has 9 aromatic rings. The molecule has 0 radical (unpaired) electrons. The van der Waals surface area contributed by atoms with E-state index in [-0.39, 0.29) is 0 Å². The maximum atomic E-state index is 13.5. The van der Waals surface area contributed by atoms with Crippen molar-refractivity contribution < 1.29 is 158 Å². The molecule has 0 aliphatic carbocycles. The summed E-state index contributed by atoms with van der Waals surface area (Å²) in [6.45, 7) is 2.27. The van der Waals surface area contributed by atoms with Crippen LogP contribution in [0.3, 0.4) is 0 Å². The smallest absolute Gasteiger partial charge is 0.200 e. The Morgan fingerprint density at radius 3 is 0.344 bits per heavy atom. The largest absolute Gasteiger partial charge is 0.207 e. The van der Waals surface area contributed by atoms with Crippen LogP contribution >= 0.6 is 0 Å². The number of benzene rings is 9. The first kappa shape index (κ1) is 73.9. The topological polar surface area (TPSA) is 0 Å². The summed E-state index contributed by atoms with van der Waals surface area (Å²) in [5.41, 5.74) is -4.72. The normalized spacial score (nSPS) is 11.0. The van der Waals surface area contributed by atoms with Gasteiger partial charge in [0.05, 0.1) is 32.3 Å². The van der Waals surface area contributed by atoms with Crippen LogP contribution in [-0.2, 0) is 0 Å². The van der Waals surface area contributed by atoms with Crippen LogP contribution in [-0.4, -0.2) is 23.5 Å². The fourth-order valence-corrected chi connectivity index (χ4v) is 6.29. The van der Waals surface area contributed by atoms with Crippen molar-refractivity contribution in [3.63, 3.8) is 0 Å². The molecule has 0 bridgehead atoms. The first-order valence-corrected chi connectivity index (χ1v) is 21.1. The van der Waals surface area contributed by atoms with Crippen LogP contribution in [0.25, 0.3) is 32.3 Å². The minimum atomic E-state index is -2.33. The number of hydrogen-bond acceptors (Lipinski definition) is 0. The Kier molecular flexibility index (Phi) is 22.7. The van der Waals surface area contributed by atoms with Crippen molar-refractivity contribution >= 4 is 72.2 Å². The van der Waals surface area contributed by atoms with Crippen molar-refractivity contribution in [2.45, 2.75) is 20.8 Å². The van der Waals surface area contributed by atoms with Gasteiger partial charge in [0.1, 0.15) is 52.4 Å². The number of halogens is 36. The molecule has 0 N–H and O–H groups in total. The van der Waals surface area contributed by atoms with Crippen LogP contribution in [0.5, 0.6) is 0 Å². The second-order valence-electron chi connectivity index (χ2n) is 15.8. The van der Waals surface area contributed by atoms with Crippen molar-refractivity contribution in [1.29, 1.82) is 0 Å². The van der Waals surface area contributed by atoms with E-state index in [9.17, 15) is 158 Å². The van der Waals surface area contributed by atoms with E-state index in [2.05, 4.69) is 0 Å². The van der Waals surface area contributed by atoms with Crippen LogP contribution in [0.15, 0.2) is 0 Å². The first-order valence-electron chi connectivity index (χ1n) is 21.1. The van der Waals surface area contributed by atoms with E-state index in [0.29, 0.717) is 0 Å². The second-order valence-corrected chi connectivity index (χ2v) is 15.8. The Balaban J connectivity index is 0.000000233. The maximum Gasteiger partial charge on any atom is 0.200 e. The Hall–Kier alpha value is -8.57. The first-order chi connectivity index (χ1) is 41.2. The summed E-state index contributed by atoms with van der Waals surface area (Å²) < 4.78 is 462. The van der Waals surface area contributed by atoms with Gasteiger partial charge in [-0.25, -0.2) is 158 Å². The quantitative estimate of drug-likeness (QED) is 0.0614. The molecular formula is C51H18B3F36-3. The summed E-state index contributed by atoms with van der Waals surface area (Å²) >= 11 is 0. The van der Waals surface area contributed by atoms with Crippen LogP contribution in [0.1, 0.15) is 16.7 Å². The monoisotopic (exact) mass is 1350 g/mol. The Morgan fingerprint density at radius 2 is 0.211 bits per heavy atom. The number of rotatable bonds is 0. The summed E-state index contributed by atoms with van der Waals surface area (Å²) in [6.07, 6.45) is 0. The highest BCUT2D eigenvalue weighted by Crippen LogP contribution is 2.37. The third-order valence-corrected chi connectivity index (χ3v) is 10.6. The molecule has 0 atom stereocenters. The van der Waals surface area contributed by atoms with Gasteiger partial charge in [-0.05, 0) is 44.3 Å². The van der Waals surface area contributed by atoms with Gasteiger partial charge in [-0.1, -0.05) is 0 Å². The molecule has 9 aromatic carbocycles. The summed E-state index contributed by atoms with van der Waals surface area (Å²) in [5, 5.41) is -9.14. The van der Waals surface area contributed by atoms with Gasteiger partial charge in [0.25, 0.3) is 0 Å². The molecule has 0 saturated carbocycles. The zero-order chi connectivity index (χ0) is 69.7. The molecular weight excluding hydrogens is 1330 g/mol. The maximum absolute atomic E-state index is 13.5. The van der Waals surface area contributed by atoms with E-state index < -0.39 is 298 Å². The van der Waals surface area contributed by atoms with E-state index >= 15 is 0 Å². The molecule has 0 saturated heterocycles. The van der Waals surface area contributed by atoms with Crippen molar-refractivity contribution in [2.24, 2.45) is 0 Å². The molecule has 0 spiro atoms. The summed E-state index contributed by atoms with van der Waals surface area (Å²) in [7, 11) is -3.16. The van der Waals surface area contributed by atoms with Gasteiger partial charge >= 0.3 is 0 Å². The molecule has 0 aliphatic heterocycles. The van der Waals surface area contributed by atoms with E-state index in [1.165, 1.54) is 0 Å². The van der Waals surface area contributed by atoms with Gasteiger partial charge in [0, 0.05) is 16.7 Å². The Labute approximate surface area is 476 Å². The molecule has 90 heavy (non-hydrogen) atoms. The molecule has 0 aliphatic rings. The zero-order valence-corrected chi connectivity index (χ0v) is 40.6. The highest BCUT2D eigenvalue weighted by Gasteiger charge is 2.33. The highest BCUT2D eigenvalue weighted by atomic mass is 19.2. The fourth-order valence-electron chi connectivity index (χ4n) is 6.29. The van der Waals surface area contributed by atoms with Crippen LogP contribution in [0.4, 0.5) is 158 Å². The van der Waals surface area contributed by atoms with Gasteiger partial charge in [0.2, 0.25) is 0 Å². The van der Waals surface area contributed by atoms with Crippen molar-refractivity contribution in [3.05, 3.63) is 226 Å². The molecule has 0 amide bonds. The summed E-state index contributed by atoms with van der Waals surface area (Å²) in [4.78, 5) is 0. The lowest BCUT2D eigenvalue weighted by atomic mass is 9.94. The van der Waals surface area contributed by atoms with Crippen molar-refractivity contribution in [2.75, 3.05) is 0 Å². The lowest BCUT2D eigenvalue weighted by Gasteiger charge is -2.09. The third-order valence-electron chi connectivity index (χ3n) is 10.6. The predicted molar refractivity (Wildman–Crippen MR) is 253 cm³/mol. The van der Waals surface area contributed by atoms with E-state index in [4.69, 9.17) is 0 Å². The number of hydrogen-bond donors (Lipinski definition) is 0. The lowest BCUT2D eigenvalue weighted by molar-refractivity contribution is 0.384. The average Bonchev–Trinajstić information content (AvgIpc) is 1.00. The summed E-state index contributed by atoms with van der Waals surface area (Å²) in [5.74, 6) is -70.5. The highest BCUT2D eigenvalue weighted by molar-refractivity contribution is 6.33. The van der Waals surface area contributed by atoms with Gasteiger partial charge in [0.15, 0.2) is 157 Å². The van der Waals surface area contributed by atoms with Gasteiger partial charge in [-0.2, -0.15) is 0 Å². The fraction of sp³-hybridized carbons (Fsp3) is 0.0588. The predicted octanol–water partition coefficient (Wildman–Crippen LogP) is 13.5. The summed E-state index contributed by atoms with van der Waals surface area (Å²) in [6, 6.07) is 0. The number of fused-ring (bicyclic) bond motifs is 3. The van der Waals surface area contributed by atoms with E-state index in [1.54, 1.807) is 0 Å². The molecule has 0 unspecified atom stereocenters. The van der Waals surface area contributed by atoms with Crippen molar-refractivity contribution in [3.8, 4) is 0 Å². The van der Waals surface area contributed by atoms with E-state index in [0.717, 1.165) is 20.8 Å². The molecule has 39 heteroatoms. The molecule has 0 heterocycles. The SMILES string of the molecule is Cc1c(F)c(F)c2c(F)c(F)c(F)c(F)c2c1F.Cc1c(F)c(F)c2c(F)c(F)c(F)c(F)c2c1F.Cc1c(F)c(F)c2c(F)c(F)c(F)c(F)c2c1F.[BH3-]c1c(F)c(F)c(F)c(F)c1F.[BH3-]c1c(F)c(F)c(F)c(F)c1F.[BH3-]c1c(F)c(F)c(F)c(F)c1F. The zero-order valence-electron chi connectivity index (χ0n) is 40.6. The third kappa shape index (κ3) is 12.8. The minimum absolute atomic E-state index is 0.619. The standard InChI is InChI=1S/3C11H3F7.3C6H3BF5/c3*1-2-5(12)3-4(7(14)6(2)13)9(16)11(18)10(17)8(3)15;3*7-1-2(8)4(10)6(12)5(11)3(1)9/h3*1H3;3*7H3/q;;;3*-1. The van der Waals surface area contributed by atoms with Crippen LogP contribution < -0.4 is 16.4 Å². The average molecular weight is 1350 g/mol. The Morgan fingerprint density at radius 1 is 0.122 bits per heavy atom. The molecule has 0 aromatic heterocycles. The molecule has 9 rings (SSSR count). The van der Waals surface area contributed by atoms with Gasteiger partial charge in [-0.15, -0.1) is 16.4 Å². The van der Waals surface area contributed by atoms with Gasteiger partial charge in [-0.3, -0.25) is 0 Å². The molecule has 0 nitrogen and oxygen atoms in total. The second kappa shape index (κ2) is 27.7.